The van der Waals surface area contributed by atoms with Gasteiger partial charge in [-0.1, -0.05) is 6.07 Å². The van der Waals surface area contributed by atoms with Crippen LogP contribution in [-0.4, -0.2) is 116 Å². The van der Waals surface area contributed by atoms with Crippen molar-refractivity contribution in [1.82, 2.24) is 19.8 Å². The number of carboxylic acid groups (broad SMARTS) is 3. The third kappa shape index (κ3) is 15.3. The summed E-state index contributed by atoms with van der Waals surface area (Å²) in [5, 5.41) is 24.7. The monoisotopic (exact) mass is 686 g/mol. The normalized spacial score (nSPS) is 19.1. The first kappa shape index (κ1) is 39.5. The van der Waals surface area contributed by atoms with Gasteiger partial charge >= 0.3 is 36.4 Å². The Kier molecular flexibility index (Phi) is 15.6. The topological polar surface area (TPSA) is 153 Å². The number of thiazole rings is 1. The minimum Gasteiger partial charge on any atom is -0.475 e. The minimum atomic E-state index is -5.08. The van der Waals surface area contributed by atoms with Crippen LogP contribution in [-0.2, 0) is 32.1 Å². The van der Waals surface area contributed by atoms with Gasteiger partial charge in [-0.3, -0.25) is 14.8 Å². The van der Waals surface area contributed by atoms with E-state index in [0.717, 1.165) is 45.8 Å². The maximum atomic E-state index is 10.6. The van der Waals surface area contributed by atoms with Gasteiger partial charge in [0.1, 0.15) is 5.01 Å². The van der Waals surface area contributed by atoms with E-state index in [-0.39, 0.29) is 0 Å². The van der Waals surface area contributed by atoms with Gasteiger partial charge in [0.2, 0.25) is 0 Å². The molecule has 2 aromatic heterocycles. The SMILES string of the molecule is O=C(O)C(F)(F)F.O=C(O)C(F)(F)F.O=C(O)C(F)(F)F.c1cncc(C[C@H]2[C@H](N3CCOCC3)CCN2Cc2nccs2)c1. The first-order valence-corrected chi connectivity index (χ1v) is 13.3. The smallest absolute Gasteiger partial charge is 0.475 e. The summed E-state index contributed by atoms with van der Waals surface area (Å²) in [7, 11) is 0. The Morgan fingerprint density at radius 3 is 1.78 bits per heavy atom. The number of carboxylic acids is 3. The van der Waals surface area contributed by atoms with Crippen molar-refractivity contribution in [3.63, 3.8) is 0 Å². The van der Waals surface area contributed by atoms with Crippen LogP contribution in [0.1, 0.15) is 17.0 Å². The molecule has 2 fully saturated rings. The van der Waals surface area contributed by atoms with E-state index < -0.39 is 36.4 Å². The highest BCUT2D eigenvalue weighted by atomic mass is 32.1. The zero-order valence-corrected chi connectivity index (χ0v) is 23.7. The molecule has 4 heterocycles. The van der Waals surface area contributed by atoms with Crippen molar-refractivity contribution in [1.29, 1.82) is 0 Å². The van der Waals surface area contributed by atoms with Crippen LogP contribution in [0.5, 0.6) is 0 Å². The van der Waals surface area contributed by atoms with E-state index in [1.54, 1.807) is 11.3 Å². The highest BCUT2D eigenvalue weighted by molar-refractivity contribution is 7.09. The second-order valence-corrected chi connectivity index (χ2v) is 9.92. The Morgan fingerprint density at radius 2 is 1.38 bits per heavy atom. The summed E-state index contributed by atoms with van der Waals surface area (Å²) >= 11 is 1.76. The molecule has 254 valence electrons. The van der Waals surface area contributed by atoms with Crippen molar-refractivity contribution in [2.24, 2.45) is 0 Å². The fourth-order valence-electron chi connectivity index (χ4n) is 3.96. The van der Waals surface area contributed by atoms with E-state index in [2.05, 4.69) is 31.2 Å². The van der Waals surface area contributed by atoms with Crippen LogP contribution in [0.4, 0.5) is 39.5 Å². The molecule has 2 aliphatic heterocycles. The number of likely N-dealkylation sites (tertiary alicyclic amines) is 1. The molecule has 2 atom stereocenters. The molecule has 3 N–H and O–H groups in total. The first-order valence-electron chi connectivity index (χ1n) is 12.5. The van der Waals surface area contributed by atoms with Gasteiger partial charge in [-0.25, -0.2) is 19.4 Å². The van der Waals surface area contributed by atoms with Gasteiger partial charge in [-0.2, -0.15) is 39.5 Å². The van der Waals surface area contributed by atoms with Gasteiger partial charge in [0.25, 0.3) is 0 Å². The summed E-state index contributed by atoms with van der Waals surface area (Å²) in [6.45, 7) is 5.94. The average molecular weight is 687 g/mol. The van der Waals surface area contributed by atoms with Crippen molar-refractivity contribution < 1.29 is 74.0 Å². The minimum absolute atomic E-state index is 0.524. The van der Waals surface area contributed by atoms with Crippen molar-refractivity contribution in [2.75, 3.05) is 32.8 Å². The predicted molar refractivity (Wildman–Crippen MR) is 136 cm³/mol. The van der Waals surface area contributed by atoms with Gasteiger partial charge in [0.15, 0.2) is 0 Å². The third-order valence-corrected chi connectivity index (χ3v) is 6.62. The van der Waals surface area contributed by atoms with Gasteiger partial charge in [-0.15, -0.1) is 11.3 Å². The Labute approximate surface area is 252 Å². The van der Waals surface area contributed by atoms with Crippen LogP contribution in [0.2, 0.25) is 0 Å². The quantitative estimate of drug-likeness (QED) is 0.392. The molecule has 0 aromatic carbocycles. The Morgan fingerprint density at radius 1 is 0.867 bits per heavy atom. The number of pyridine rings is 1. The van der Waals surface area contributed by atoms with E-state index in [0.29, 0.717) is 12.1 Å². The van der Waals surface area contributed by atoms with Crippen molar-refractivity contribution >= 4 is 29.2 Å². The number of halogens is 9. The lowest BCUT2D eigenvalue weighted by molar-refractivity contribution is -0.193. The predicted octanol–water partition coefficient (Wildman–Crippen LogP) is 3.96. The lowest BCUT2D eigenvalue weighted by Gasteiger charge is -2.37. The summed E-state index contributed by atoms with van der Waals surface area (Å²) in [6, 6.07) is 5.37. The zero-order chi connectivity index (χ0) is 34.4. The molecule has 0 radical (unpaired) electrons. The van der Waals surface area contributed by atoms with Crippen molar-refractivity contribution in [3.05, 3.63) is 46.7 Å². The van der Waals surface area contributed by atoms with Gasteiger partial charge in [-0.05, 0) is 24.5 Å². The Balaban J connectivity index is 0.000000396. The molecule has 0 saturated carbocycles. The van der Waals surface area contributed by atoms with Crippen LogP contribution >= 0.6 is 11.3 Å². The second kappa shape index (κ2) is 17.8. The first-order chi connectivity index (χ1) is 20.7. The van der Waals surface area contributed by atoms with Crippen LogP contribution in [0.3, 0.4) is 0 Å². The highest BCUT2D eigenvalue weighted by Gasteiger charge is 2.40. The van der Waals surface area contributed by atoms with Gasteiger partial charge in [0.05, 0.1) is 19.8 Å². The molecule has 0 spiro atoms. The molecule has 21 heteroatoms. The Hall–Kier alpha value is -3.56. The van der Waals surface area contributed by atoms with Gasteiger partial charge < -0.3 is 20.1 Å². The number of aromatic nitrogens is 2. The van der Waals surface area contributed by atoms with E-state index >= 15 is 0 Å². The van der Waals surface area contributed by atoms with Crippen molar-refractivity contribution in [3.8, 4) is 0 Å². The summed E-state index contributed by atoms with van der Waals surface area (Å²) in [6.07, 6.45) is -7.19. The lowest BCUT2D eigenvalue weighted by Crippen LogP contribution is -2.50. The highest BCUT2D eigenvalue weighted by Crippen LogP contribution is 2.28. The van der Waals surface area contributed by atoms with Gasteiger partial charge in [0, 0.05) is 55.7 Å². The van der Waals surface area contributed by atoms with Crippen molar-refractivity contribution in [2.45, 2.75) is 50.0 Å². The number of aliphatic carboxylic acids is 3. The molecule has 45 heavy (non-hydrogen) atoms. The Bertz CT molecular complexity index is 1120. The standard InChI is InChI=1S/C18H24N4OS.3C2HF3O2/c1-2-15(13-19-4-1)12-17-16(21-7-9-23-10-8-21)3-6-22(17)14-18-20-5-11-24-18;3*3-2(4,5)1(6)7/h1-2,4-5,11,13,16-17H,3,6-10,12,14H2;3*(H,6,7)/t16-,17+;;;/m1.../s1. The maximum absolute atomic E-state index is 10.6. The van der Waals surface area contributed by atoms with Crippen LogP contribution < -0.4 is 0 Å². The molecule has 0 bridgehead atoms. The maximum Gasteiger partial charge on any atom is 0.490 e. The fraction of sp³-hybridized carbons (Fsp3) is 0.542. The van der Waals surface area contributed by atoms with Crippen LogP contribution in [0.15, 0.2) is 36.1 Å². The molecule has 2 aromatic rings. The molecule has 2 saturated heterocycles. The van der Waals surface area contributed by atoms with E-state index in [1.165, 1.54) is 17.0 Å². The summed E-state index contributed by atoms with van der Waals surface area (Å²) in [5.41, 5.74) is 1.33. The zero-order valence-electron chi connectivity index (χ0n) is 22.8. The van der Waals surface area contributed by atoms with E-state index in [4.69, 9.17) is 34.4 Å². The second-order valence-electron chi connectivity index (χ2n) is 8.94. The number of alkyl halides is 9. The van der Waals surface area contributed by atoms with Crippen LogP contribution in [0, 0.1) is 0 Å². The van der Waals surface area contributed by atoms with Crippen LogP contribution in [0.25, 0.3) is 0 Å². The summed E-state index contributed by atoms with van der Waals surface area (Å²) in [5.74, 6) is -8.27. The molecule has 0 aliphatic carbocycles. The fourth-order valence-corrected chi connectivity index (χ4v) is 4.60. The number of nitrogens with zero attached hydrogens (tertiary/aromatic N) is 4. The third-order valence-electron chi connectivity index (χ3n) is 5.86. The largest absolute Gasteiger partial charge is 0.490 e. The molecular formula is C24H27F9N4O7S. The molecular weight excluding hydrogens is 659 g/mol. The van der Waals surface area contributed by atoms with E-state index in [1.807, 2.05) is 24.7 Å². The molecule has 2 aliphatic rings. The lowest BCUT2D eigenvalue weighted by atomic mass is 9.99. The molecule has 0 unspecified atom stereocenters. The molecule has 4 rings (SSSR count). The average Bonchev–Trinajstić information content (AvgIpc) is 3.60. The number of carbonyl (C=O) groups is 3. The number of ether oxygens (including phenoxy) is 1. The summed E-state index contributed by atoms with van der Waals surface area (Å²) < 4.78 is 101. The number of hydrogen-bond acceptors (Lipinski definition) is 9. The molecule has 11 nitrogen and oxygen atoms in total. The van der Waals surface area contributed by atoms with E-state index in [9.17, 15) is 39.5 Å². The number of rotatable bonds is 5. The number of morpholine rings is 1. The summed E-state index contributed by atoms with van der Waals surface area (Å²) in [4.78, 5) is 40.7. The number of hydrogen-bond donors (Lipinski definition) is 3. The molecule has 0 amide bonds.